The molecule has 0 saturated carbocycles. The van der Waals surface area contributed by atoms with Crippen molar-refractivity contribution in [1.82, 2.24) is 9.97 Å². The molecule has 1 aliphatic heterocycles. The Kier molecular flexibility index (Phi) is 5.06. The summed E-state index contributed by atoms with van der Waals surface area (Å²) in [6.07, 6.45) is 4.94. The van der Waals surface area contributed by atoms with Crippen LogP contribution in [0.3, 0.4) is 0 Å². The molecule has 1 aromatic carbocycles. The number of primary amides is 1. The number of hydrogen-bond donors (Lipinski definition) is 2. The summed E-state index contributed by atoms with van der Waals surface area (Å²) in [4.78, 5) is 22.0. The summed E-state index contributed by atoms with van der Waals surface area (Å²) in [7, 11) is 0. The van der Waals surface area contributed by atoms with Crippen LogP contribution in [0.4, 0.5) is 17.2 Å². The van der Waals surface area contributed by atoms with E-state index in [9.17, 15) is 4.79 Å². The lowest BCUT2D eigenvalue weighted by Gasteiger charge is -2.29. The van der Waals surface area contributed by atoms with Crippen LogP contribution in [0.5, 0.6) is 0 Å². The van der Waals surface area contributed by atoms with Gasteiger partial charge in [0.2, 0.25) is 5.28 Å². The molecule has 0 atom stereocenters. The van der Waals surface area contributed by atoms with E-state index in [0.29, 0.717) is 22.1 Å². The van der Waals surface area contributed by atoms with E-state index in [1.54, 1.807) is 12.1 Å². The van der Waals surface area contributed by atoms with E-state index in [0.717, 1.165) is 31.6 Å². The molecule has 6 nitrogen and oxygen atoms in total. The third-order valence-corrected chi connectivity index (χ3v) is 4.42. The maximum atomic E-state index is 11.9. The van der Waals surface area contributed by atoms with Crippen molar-refractivity contribution in [3.05, 3.63) is 40.3 Å². The molecule has 0 radical (unpaired) electrons. The lowest BCUT2D eigenvalue weighted by atomic mass is 10.1. The Hall–Kier alpha value is -2.05. The zero-order valence-corrected chi connectivity index (χ0v) is 14.4. The second-order valence-electron chi connectivity index (χ2n) is 5.60. The molecule has 126 valence electrons. The monoisotopic (exact) mass is 365 g/mol. The smallest absolute Gasteiger partial charge is 0.250 e. The van der Waals surface area contributed by atoms with Crippen LogP contribution in [0, 0.1) is 0 Å². The van der Waals surface area contributed by atoms with E-state index in [1.165, 1.54) is 12.6 Å². The summed E-state index contributed by atoms with van der Waals surface area (Å²) >= 11 is 11.9. The summed E-state index contributed by atoms with van der Waals surface area (Å²) in [5, 5.41) is 3.37. The molecule has 2 heterocycles. The van der Waals surface area contributed by atoms with Gasteiger partial charge in [0.1, 0.15) is 5.02 Å². The normalized spacial score (nSPS) is 14.5. The number of anilines is 3. The maximum Gasteiger partial charge on any atom is 0.250 e. The fraction of sp³-hybridized carbons (Fsp3) is 0.312. The van der Waals surface area contributed by atoms with Crippen molar-refractivity contribution in [2.45, 2.75) is 19.3 Å². The first-order valence-corrected chi connectivity index (χ1v) is 8.44. The van der Waals surface area contributed by atoms with Gasteiger partial charge in [-0.1, -0.05) is 11.6 Å². The molecule has 3 rings (SSSR count). The highest BCUT2D eigenvalue weighted by atomic mass is 35.5. The molecule has 3 N–H and O–H groups in total. The van der Waals surface area contributed by atoms with Gasteiger partial charge in [-0.15, -0.1) is 0 Å². The zero-order chi connectivity index (χ0) is 17.1. The molecule has 8 heteroatoms. The molecule has 24 heavy (non-hydrogen) atoms. The molecule has 2 aromatic rings. The number of benzene rings is 1. The Morgan fingerprint density at radius 3 is 2.67 bits per heavy atom. The fourth-order valence-corrected chi connectivity index (χ4v) is 3.03. The van der Waals surface area contributed by atoms with E-state index >= 15 is 0 Å². The van der Waals surface area contributed by atoms with Crippen molar-refractivity contribution in [2.24, 2.45) is 5.73 Å². The molecule has 0 bridgehead atoms. The van der Waals surface area contributed by atoms with Gasteiger partial charge in [-0.05, 0) is 49.1 Å². The molecule has 1 aliphatic rings. The highest BCUT2D eigenvalue weighted by molar-refractivity contribution is 6.33. The largest absolute Gasteiger partial charge is 0.372 e. The van der Waals surface area contributed by atoms with Gasteiger partial charge < -0.3 is 16.0 Å². The van der Waals surface area contributed by atoms with Crippen LogP contribution in [0.1, 0.15) is 29.6 Å². The van der Waals surface area contributed by atoms with E-state index in [-0.39, 0.29) is 5.28 Å². The van der Waals surface area contributed by atoms with Gasteiger partial charge in [0.25, 0.3) is 5.91 Å². The molecule has 0 unspecified atom stereocenters. The van der Waals surface area contributed by atoms with Crippen LogP contribution in [0.2, 0.25) is 10.3 Å². The van der Waals surface area contributed by atoms with Crippen molar-refractivity contribution in [2.75, 3.05) is 23.3 Å². The topological polar surface area (TPSA) is 84.1 Å². The number of halogens is 2. The van der Waals surface area contributed by atoms with Gasteiger partial charge in [0.05, 0.1) is 17.4 Å². The third-order valence-electron chi connectivity index (χ3n) is 3.96. The van der Waals surface area contributed by atoms with Gasteiger partial charge in [-0.3, -0.25) is 4.79 Å². The SMILES string of the molecule is NC(=O)c1cc(N2CCCCC2)ccc1Nc1nc(Cl)ncc1Cl. The summed E-state index contributed by atoms with van der Waals surface area (Å²) in [6.45, 7) is 1.97. The first-order chi connectivity index (χ1) is 11.5. The number of hydrogen-bond acceptors (Lipinski definition) is 5. The predicted molar refractivity (Wildman–Crippen MR) is 96.4 cm³/mol. The number of carbonyl (C=O) groups is 1. The van der Waals surface area contributed by atoms with Crippen molar-refractivity contribution < 1.29 is 4.79 Å². The lowest BCUT2D eigenvalue weighted by molar-refractivity contribution is 0.100. The number of amides is 1. The summed E-state index contributed by atoms with van der Waals surface area (Å²) in [5.41, 5.74) is 7.44. The van der Waals surface area contributed by atoms with Gasteiger partial charge in [-0.2, -0.15) is 4.98 Å². The number of aromatic nitrogens is 2. The lowest BCUT2D eigenvalue weighted by Crippen LogP contribution is -2.29. The molecule has 0 spiro atoms. The number of nitrogens with zero attached hydrogens (tertiary/aromatic N) is 3. The molecule has 1 saturated heterocycles. The van der Waals surface area contributed by atoms with E-state index in [4.69, 9.17) is 28.9 Å². The maximum absolute atomic E-state index is 11.9. The molecular formula is C16H17Cl2N5O. The van der Waals surface area contributed by atoms with Crippen LogP contribution in [-0.2, 0) is 0 Å². The highest BCUT2D eigenvalue weighted by Gasteiger charge is 2.16. The third kappa shape index (κ3) is 3.71. The van der Waals surface area contributed by atoms with Crippen LogP contribution in [0.15, 0.2) is 24.4 Å². The Morgan fingerprint density at radius 1 is 1.21 bits per heavy atom. The molecule has 1 aromatic heterocycles. The Labute approximate surface area is 150 Å². The van der Waals surface area contributed by atoms with Crippen LogP contribution >= 0.6 is 23.2 Å². The fourth-order valence-electron chi connectivity index (χ4n) is 2.75. The molecular weight excluding hydrogens is 349 g/mol. The average Bonchev–Trinajstić information content (AvgIpc) is 2.59. The van der Waals surface area contributed by atoms with Crippen molar-refractivity contribution >= 4 is 46.3 Å². The molecule has 1 fully saturated rings. The number of nitrogens with one attached hydrogen (secondary N) is 1. The van der Waals surface area contributed by atoms with Crippen molar-refractivity contribution in [1.29, 1.82) is 0 Å². The highest BCUT2D eigenvalue weighted by Crippen LogP contribution is 2.29. The minimum Gasteiger partial charge on any atom is -0.372 e. The van der Waals surface area contributed by atoms with Gasteiger partial charge in [0, 0.05) is 18.8 Å². The van der Waals surface area contributed by atoms with Crippen molar-refractivity contribution in [3.63, 3.8) is 0 Å². The quantitative estimate of drug-likeness (QED) is 0.808. The van der Waals surface area contributed by atoms with Crippen molar-refractivity contribution in [3.8, 4) is 0 Å². The number of carbonyl (C=O) groups excluding carboxylic acids is 1. The Morgan fingerprint density at radius 2 is 1.96 bits per heavy atom. The average molecular weight is 366 g/mol. The Bertz CT molecular complexity index is 762. The summed E-state index contributed by atoms with van der Waals surface area (Å²) < 4.78 is 0. The zero-order valence-electron chi connectivity index (χ0n) is 12.9. The van der Waals surface area contributed by atoms with E-state index in [1.807, 2.05) is 6.07 Å². The number of piperidine rings is 1. The first-order valence-electron chi connectivity index (χ1n) is 7.68. The van der Waals surface area contributed by atoms with E-state index in [2.05, 4.69) is 20.2 Å². The molecule has 0 aliphatic carbocycles. The van der Waals surface area contributed by atoms with E-state index < -0.39 is 5.91 Å². The molecule has 1 amide bonds. The second kappa shape index (κ2) is 7.23. The summed E-state index contributed by atoms with van der Waals surface area (Å²) in [6, 6.07) is 5.56. The number of nitrogens with two attached hydrogens (primary N) is 1. The predicted octanol–water partition coefficient (Wildman–Crippen LogP) is 3.62. The summed E-state index contributed by atoms with van der Waals surface area (Å²) in [5.74, 6) is -0.197. The standard InChI is InChI=1S/C16H17Cl2N5O/c17-12-9-20-16(18)22-15(12)21-13-5-4-10(8-11(13)14(19)24)23-6-2-1-3-7-23/h4-5,8-9H,1-3,6-7H2,(H2,19,24)(H,20,21,22). The van der Waals surface area contributed by atoms with Gasteiger partial charge in [-0.25, -0.2) is 4.98 Å². The minimum atomic E-state index is -0.521. The second-order valence-corrected chi connectivity index (χ2v) is 6.35. The van der Waals surface area contributed by atoms with Crippen LogP contribution in [0.25, 0.3) is 0 Å². The van der Waals surface area contributed by atoms with Gasteiger partial charge in [0.15, 0.2) is 5.82 Å². The van der Waals surface area contributed by atoms with Gasteiger partial charge >= 0.3 is 0 Å². The van der Waals surface area contributed by atoms with Crippen LogP contribution < -0.4 is 16.0 Å². The number of rotatable bonds is 4. The Balaban J connectivity index is 1.92. The van der Waals surface area contributed by atoms with Crippen LogP contribution in [-0.4, -0.2) is 29.0 Å². The first kappa shape index (κ1) is 16.8. The minimum absolute atomic E-state index is 0.0625.